The van der Waals surface area contributed by atoms with Crippen molar-refractivity contribution < 1.29 is 19.0 Å². The molecule has 0 aromatic carbocycles. The van der Waals surface area contributed by atoms with Crippen LogP contribution in [0.4, 0.5) is 0 Å². The zero-order valence-electron chi connectivity index (χ0n) is 12.0. The lowest BCUT2D eigenvalue weighted by Gasteiger charge is -2.19. The van der Waals surface area contributed by atoms with Gasteiger partial charge in [-0.05, 0) is 12.8 Å². The molecular formula is C13H20N2O4. The van der Waals surface area contributed by atoms with E-state index in [9.17, 15) is 4.79 Å². The summed E-state index contributed by atoms with van der Waals surface area (Å²) in [7, 11) is 2.91. The standard InChI is InChI=1S/C13H20N2O4/c1-6-19-12(8(2)3)11(16)10-13(18-5)15-9(17-4)7-14-10/h7-8,12H,6H2,1-5H3. The predicted molar refractivity (Wildman–Crippen MR) is 69.7 cm³/mol. The Labute approximate surface area is 113 Å². The van der Waals surface area contributed by atoms with E-state index in [1.165, 1.54) is 20.4 Å². The molecule has 0 bridgehead atoms. The summed E-state index contributed by atoms with van der Waals surface area (Å²) in [5.41, 5.74) is 0.162. The molecule has 0 fully saturated rings. The van der Waals surface area contributed by atoms with Gasteiger partial charge >= 0.3 is 0 Å². The topological polar surface area (TPSA) is 70.5 Å². The Kier molecular flexibility index (Phi) is 5.69. The van der Waals surface area contributed by atoms with Gasteiger partial charge < -0.3 is 14.2 Å². The Morgan fingerprint density at radius 2 is 2.00 bits per heavy atom. The monoisotopic (exact) mass is 268 g/mol. The van der Waals surface area contributed by atoms with Crippen LogP contribution < -0.4 is 9.47 Å². The summed E-state index contributed by atoms with van der Waals surface area (Å²) >= 11 is 0. The summed E-state index contributed by atoms with van der Waals surface area (Å²) in [4.78, 5) is 20.5. The van der Waals surface area contributed by atoms with Gasteiger partial charge in [-0.2, -0.15) is 4.98 Å². The first kappa shape index (κ1) is 15.4. The molecule has 106 valence electrons. The molecule has 6 heteroatoms. The number of hydrogen-bond donors (Lipinski definition) is 0. The highest BCUT2D eigenvalue weighted by molar-refractivity contribution is 5.99. The van der Waals surface area contributed by atoms with E-state index >= 15 is 0 Å². The molecule has 1 rings (SSSR count). The first-order valence-corrected chi connectivity index (χ1v) is 6.15. The SMILES string of the molecule is CCOC(C(=O)c1ncc(OC)nc1OC)C(C)C. The average Bonchev–Trinajstić information content (AvgIpc) is 2.42. The first-order chi connectivity index (χ1) is 9.04. The maximum atomic E-state index is 12.4. The van der Waals surface area contributed by atoms with Gasteiger partial charge in [0.2, 0.25) is 17.5 Å². The summed E-state index contributed by atoms with van der Waals surface area (Å²) in [5.74, 6) is 0.255. The van der Waals surface area contributed by atoms with Gasteiger partial charge in [-0.1, -0.05) is 13.8 Å². The summed E-state index contributed by atoms with van der Waals surface area (Å²) < 4.78 is 15.5. The van der Waals surface area contributed by atoms with Gasteiger partial charge in [-0.3, -0.25) is 4.79 Å². The highest BCUT2D eigenvalue weighted by Crippen LogP contribution is 2.21. The van der Waals surface area contributed by atoms with E-state index in [2.05, 4.69) is 9.97 Å². The lowest BCUT2D eigenvalue weighted by atomic mass is 10.0. The van der Waals surface area contributed by atoms with Crippen LogP contribution in [0.5, 0.6) is 11.8 Å². The number of ether oxygens (including phenoxy) is 3. The van der Waals surface area contributed by atoms with Gasteiger partial charge in [0, 0.05) is 6.61 Å². The molecule has 1 heterocycles. The number of rotatable bonds is 7. The Hall–Kier alpha value is -1.69. The lowest BCUT2D eigenvalue weighted by molar-refractivity contribution is 0.0272. The van der Waals surface area contributed by atoms with Crippen LogP contribution in [0.2, 0.25) is 0 Å². The Bertz CT molecular complexity index is 435. The van der Waals surface area contributed by atoms with Crippen LogP contribution in [0.3, 0.4) is 0 Å². The second-order valence-corrected chi connectivity index (χ2v) is 4.25. The molecule has 19 heavy (non-hydrogen) atoms. The van der Waals surface area contributed by atoms with Crippen molar-refractivity contribution in [1.29, 1.82) is 0 Å². The molecule has 1 unspecified atom stereocenters. The van der Waals surface area contributed by atoms with Crippen molar-refractivity contribution in [2.45, 2.75) is 26.9 Å². The molecule has 1 aromatic rings. The second-order valence-electron chi connectivity index (χ2n) is 4.25. The van der Waals surface area contributed by atoms with E-state index in [4.69, 9.17) is 14.2 Å². The molecule has 1 aromatic heterocycles. The van der Waals surface area contributed by atoms with Crippen LogP contribution in [0, 0.1) is 5.92 Å². The average molecular weight is 268 g/mol. The minimum absolute atomic E-state index is 0.0426. The Morgan fingerprint density at radius 1 is 1.32 bits per heavy atom. The molecule has 0 N–H and O–H groups in total. The van der Waals surface area contributed by atoms with E-state index in [1.54, 1.807) is 0 Å². The van der Waals surface area contributed by atoms with Crippen molar-refractivity contribution in [3.63, 3.8) is 0 Å². The van der Waals surface area contributed by atoms with Gasteiger partial charge in [-0.25, -0.2) is 4.98 Å². The van der Waals surface area contributed by atoms with Crippen molar-refractivity contribution in [1.82, 2.24) is 9.97 Å². The minimum Gasteiger partial charge on any atom is -0.480 e. The first-order valence-electron chi connectivity index (χ1n) is 6.15. The van der Waals surface area contributed by atoms with Crippen molar-refractivity contribution in [2.24, 2.45) is 5.92 Å². The van der Waals surface area contributed by atoms with Crippen molar-refractivity contribution in [3.8, 4) is 11.8 Å². The number of carbonyl (C=O) groups excluding carboxylic acids is 1. The summed E-state index contributed by atoms with van der Waals surface area (Å²) in [6.07, 6.45) is 0.834. The highest BCUT2D eigenvalue weighted by Gasteiger charge is 2.28. The molecule has 0 aliphatic carbocycles. The summed E-state index contributed by atoms with van der Waals surface area (Å²) in [6.45, 7) is 6.14. The van der Waals surface area contributed by atoms with E-state index in [0.29, 0.717) is 12.5 Å². The van der Waals surface area contributed by atoms with E-state index in [0.717, 1.165) is 0 Å². The quantitative estimate of drug-likeness (QED) is 0.701. The maximum Gasteiger partial charge on any atom is 0.246 e. The van der Waals surface area contributed by atoms with Crippen LogP contribution in [0.25, 0.3) is 0 Å². The number of Topliss-reactive ketones (excluding diaryl/α,β-unsaturated/α-hetero) is 1. The number of methoxy groups -OCH3 is 2. The number of nitrogens with zero attached hydrogens (tertiary/aromatic N) is 2. The van der Waals surface area contributed by atoms with Crippen LogP contribution in [-0.4, -0.2) is 42.7 Å². The third-order valence-corrected chi connectivity index (χ3v) is 2.56. The summed E-state index contributed by atoms with van der Waals surface area (Å²) in [5, 5.41) is 0. The molecule has 0 saturated heterocycles. The van der Waals surface area contributed by atoms with Gasteiger partial charge in [-0.15, -0.1) is 0 Å². The van der Waals surface area contributed by atoms with Crippen molar-refractivity contribution >= 4 is 5.78 Å². The van der Waals surface area contributed by atoms with Crippen LogP contribution in [0.15, 0.2) is 6.20 Å². The third-order valence-electron chi connectivity index (χ3n) is 2.56. The van der Waals surface area contributed by atoms with E-state index in [-0.39, 0.29) is 23.3 Å². The van der Waals surface area contributed by atoms with Gasteiger partial charge in [0.05, 0.1) is 20.4 Å². The number of aromatic nitrogens is 2. The normalized spacial score (nSPS) is 12.3. The fourth-order valence-corrected chi connectivity index (χ4v) is 1.65. The summed E-state index contributed by atoms with van der Waals surface area (Å²) in [6, 6.07) is 0. The number of hydrogen-bond acceptors (Lipinski definition) is 6. The maximum absolute atomic E-state index is 12.4. The van der Waals surface area contributed by atoms with Crippen LogP contribution in [-0.2, 0) is 4.74 Å². The number of ketones is 1. The van der Waals surface area contributed by atoms with E-state index < -0.39 is 6.10 Å². The fraction of sp³-hybridized carbons (Fsp3) is 0.615. The predicted octanol–water partition coefficient (Wildman–Crippen LogP) is 1.74. The molecule has 0 aliphatic rings. The zero-order valence-corrected chi connectivity index (χ0v) is 12.0. The van der Waals surface area contributed by atoms with E-state index in [1.807, 2.05) is 20.8 Å². The Morgan fingerprint density at radius 3 is 2.47 bits per heavy atom. The van der Waals surface area contributed by atoms with Gasteiger partial charge in [0.15, 0.2) is 5.69 Å². The van der Waals surface area contributed by atoms with Crippen LogP contribution in [0.1, 0.15) is 31.3 Å². The van der Waals surface area contributed by atoms with Gasteiger partial charge in [0.1, 0.15) is 6.10 Å². The Balaban J connectivity index is 3.09. The molecule has 0 spiro atoms. The molecule has 6 nitrogen and oxygen atoms in total. The largest absolute Gasteiger partial charge is 0.480 e. The van der Waals surface area contributed by atoms with Crippen molar-refractivity contribution in [3.05, 3.63) is 11.9 Å². The smallest absolute Gasteiger partial charge is 0.246 e. The van der Waals surface area contributed by atoms with Crippen molar-refractivity contribution in [2.75, 3.05) is 20.8 Å². The molecule has 0 aliphatic heterocycles. The molecule has 1 atom stereocenters. The van der Waals surface area contributed by atoms with Crippen LogP contribution >= 0.6 is 0 Å². The molecular weight excluding hydrogens is 248 g/mol. The number of carbonyl (C=O) groups is 1. The zero-order chi connectivity index (χ0) is 14.4. The molecule has 0 saturated carbocycles. The molecule has 0 radical (unpaired) electrons. The lowest BCUT2D eigenvalue weighted by Crippen LogP contribution is -2.31. The third kappa shape index (κ3) is 3.64. The fourth-order valence-electron chi connectivity index (χ4n) is 1.65. The second kappa shape index (κ2) is 7.04. The minimum atomic E-state index is -0.554. The molecule has 0 amide bonds. The van der Waals surface area contributed by atoms with Gasteiger partial charge in [0.25, 0.3) is 0 Å². The highest BCUT2D eigenvalue weighted by atomic mass is 16.5.